The zero-order valence-electron chi connectivity index (χ0n) is 11.9. The molecular formula is C13H15F4NO3S. The lowest BCUT2D eigenvalue weighted by atomic mass is 10.1. The zero-order valence-corrected chi connectivity index (χ0v) is 12.7. The highest BCUT2D eigenvalue weighted by Gasteiger charge is 2.32. The number of carbonyl (C=O) groups is 1. The summed E-state index contributed by atoms with van der Waals surface area (Å²) in [5.74, 6) is -2.25. The second-order valence-corrected chi connectivity index (χ2v) is 7.28. The molecule has 1 aromatic rings. The Hall–Kier alpha value is -1.64. The van der Waals surface area contributed by atoms with Crippen molar-refractivity contribution < 1.29 is 30.8 Å². The van der Waals surface area contributed by atoms with Crippen LogP contribution in [0.25, 0.3) is 0 Å². The number of hydrogen-bond acceptors (Lipinski definition) is 3. The first kappa shape index (κ1) is 18.4. The SMILES string of the molecule is CC(CCS(C)(=O)=O)NC(=O)c1cc(F)cc(C(F)(F)F)c1. The van der Waals surface area contributed by atoms with Crippen LogP contribution in [0.1, 0.15) is 29.3 Å². The molecular weight excluding hydrogens is 326 g/mol. The number of rotatable bonds is 5. The highest BCUT2D eigenvalue weighted by atomic mass is 32.2. The molecule has 1 aromatic carbocycles. The van der Waals surface area contributed by atoms with Crippen molar-refractivity contribution in [1.82, 2.24) is 5.32 Å². The third-order valence-electron chi connectivity index (χ3n) is 2.79. The van der Waals surface area contributed by atoms with Gasteiger partial charge in [0.25, 0.3) is 5.91 Å². The van der Waals surface area contributed by atoms with Crippen molar-refractivity contribution in [3.63, 3.8) is 0 Å². The summed E-state index contributed by atoms with van der Waals surface area (Å²) in [6.07, 6.45) is -3.63. The first-order valence-corrected chi connectivity index (χ1v) is 8.31. The average molecular weight is 341 g/mol. The highest BCUT2D eigenvalue weighted by Crippen LogP contribution is 2.30. The van der Waals surface area contributed by atoms with Gasteiger partial charge in [-0.1, -0.05) is 0 Å². The van der Waals surface area contributed by atoms with Gasteiger partial charge in [-0.3, -0.25) is 4.79 Å². The van der Waals surface area contributed by atoms with Crippen LogP contribution in [0.2, 0.25) is 0 Å². The van der Waals surface area contributed by atoms with Crippen LogP contribution in [0.4, 0.5) is 17.6 Å². The van der Waals surface area contributed by atoms with Gasteiger partial charge in [-0.25, -0.2) is 12.8 Å². The molecule has 9 heteroatoms. The van der Waals surface area contributed by atoms with Crippen LogP contribution in [0.15, 0.2) is 18.2 Å². The number of sulfone groups is 1. The van der Waals surface area contributed by atoms with Gasteiger partial charge < -0.3 is 5.32 Å². The molecule has 0 aliphatic rings. The van der Waals surface area contributed by atoms with Crippen molar-refractivity contribution in [2.45, 2.75) is 25.6 Å². The number of benzene rings is 1. The molecule has 1 unspecified atom stereocenters. The fourth-order valence-electron chi connectivity index (χ4n) is 1.65. The van der Waals surface area contributed by atoms with E-state index in [4.69, 9.17) is 0 Å². The summed E-state index contributed by atoms with van der Waals surface area (Å²) in [6, 6.07) is 0.944. The lowest BCUT2D eigenvalue weighted by Gasteiger charge is -2.14. The largest absolute Gasteiger partial charge is 0.416 e. The predicted octanol–water partition coefficient (Wildman–Crippen LogP) is 2.40. The normalized spacial score (nSPS) is 13.7. The van der Waals surface area contributed by atoms with Crippen LogP contribution in [0.3, 0.4) is 0 Å². The van der Waals surface area contributed by atoms with Crippen molar-refractivity contribution in [2.24, 2.45) is 0 Å². The van der Waals surface area contributed by atoms with E-state index >= 15 is 0 Å². The minimum atomic E-state index is -4.76. The fourth-order valence-corrected chi connectivity index (χ4v) is 2.44. The summed E-state index contributed by atoms with van der Waals surface area (Å²) in [6.45, 7) is 1.51. The lowest BCUT2D eigenvalue weighted by molar-refractivity contribution is -0.137. The summed E-state index contributed by atoms with van der Waals surface area (Å²) in [5, 5.41) is 2.34. The second-order valence-electron chi connectivity index (χ2n) is 5.02. The van der Waals surface area contributed by atoms with Crippen molar-refractivity contribution in [2.75, 3.05) is 12.0 Å². The summed E-state index contributed by atoms with van der Waals surface area (Å²) in [7, 11) is -3.21. The van der Waals surface area contributed by atoms with Gasteiger partial charge in [0.1, 0.15) is 15.7 Å². The van der Waals surface area contributed by atoms with Crippen LogP contribution in [-0.2, 0) is 16.0 Å². The van der Waals surface area contributed by atoms with Gasteiger partial charge in [0.05, 0.1) is 11.3 Å². The Bertz CT molecular complexity index is 656. The van der Waals surface area contributed by atoms with Gasteiger partial charge in [0.2, 0.25) is 0 Å². The van der Waals surface area contributed by atoms with E-state index in [0.717, 1.165) is 6.26 Å². The Kier molecular flexibility index (Phi) is 5.55. The summed E-state index contributed by atoms with van der Waals surface area (Å²) in [4.78, 5) is 11.8. The number of halogens is 4. The van der Waals surface area contributed by atoms with E-state index in [1.54, 1.807) is 0 Å². The first-order valence-electron chi connectivity index (χ1n) is 6.25. The van der Waals surface area contributed by atoms with Gasteiger partial charge in [-0.2, -0.15) is 13.2 Å². The Morgan fingerprint density at radius 2 is 1.86 bits per heavy atom. The number of nitrogens with one attached hydrogen (secondary N) is 1. The van der Waals surface area contributed by atoms with Gasteiger partial charge in [-0.15, -0.1) is 0 Å². The number of alkyl halides is 3. The van der Waals surface area contributed by atoms with Crippen LogP contribution >= 0.6 is 0 Å². The maximum atomic E-state index is 13.2. The molecule has 0 radical (unpaired) electrons. The van der Waals surface area contributed by atoms with Crippen molar-refractivity contribution in [1.29, 1.82) is 0 Å². The third kappa shape index (κ3) is 6.00. The maximum absolute atomic E-state index is 13.2. The zero-order chi connectivity index (χ0) is 17.1. The van der Waals surface area contributed by atoms with Crippen molar-refractivity contribution >= 4 is 15.7 Å². The van der Waals surface area contributed by atoms with E-state index in [9.17, 15) is 30.8 Å². The Labute approximate surface area is 125 Å². The lowest BCUT2D eigenvalue weighted by Crippen LogP contribution is -2.34. The van der Waals surface area contributed by atoms with Crippen LogP contribution in [-0.4, -0.2) is 32.4 Å². The van der Waals surface area contributed by atoms with Crippen LogP contribution < -0.4 is 5.32 Å². The molecule has 1 rings (SSSR count). The standard InChI is InChI=1S/C13H15F4NO3S/c1-8(3-4-22(2,20)21)18-12(19)9-5-10(13(15,16)17)7-11(14)6-9/h5-8H,3-4H2,1-2H3,(H,18,19). The predicted molar refractivity (Wildman–Crippen MR) is 72.7 cm³/mol. The molecule has 0 heterocycles. The number of hydrogen-bond donors (Lipinski definition) is 1. The number of amides is 1. The Morgan fingerprint density at radius 3 is 2.36 bits per heavy atom. The fraction of sp³-hybridized carbons (Fsp3) is 0.462. The molecule has 0 fully saturated rings. The Balaban J connectivity index is 2.83. The molecule has 0 aromatic heterocycles. The molecule has 0 spiro atoms. The minimum Gasteiger partial charge on any atom is -0.350 e. The van der Waals surface area contributed by atoms with E-state index in [1.807, 2.05) is 0 Å². The van der Waals surface area contributed by atoms with Crippen LogP contribution in [0, 0.1) is 5.82 Å². The van der Waals surface area contributed by atoms with Gasteiger partial charge in [0, 0.05) is 17.9 Å². The molecule has 22 heavy (non-hydrogen) atoms. The summed E-state index contributed by atoms with van der Waals surface area (Å²) in [5.41, 5.74) is -1.74. The van der Waals surface area contributed by atoms with Crippen molar-refractivity contribution in [3.05, 3.63) is 35.1 Å². The molecule has 0 bridgehead atoms. The van der Waals surface area contributed by atoms with E-state index in [-0.39, 0.29) is 12.2 Å². The molecule has 0 saturated heterocycles. The molecule has 1 N–H and O–H groups in total. The third-order valence-corrected chi connectivity index (χ3v) is 3.76. The molecule has 0 aliphatic heterocycles. The summed E-state index contributed by atoms with van der Waals surface area (Å²) >= 11 is 0. The Morgan fingerprint density at radius 1 is 1.27 bits per heavy atom. The maximum Gasteiger partial charge on any atom is 0.416 e. The number of carbonyl (C=O) groups excluding carboxylic acids is 1. The van der Waals surface area contributed by atoms with Gasteiger partial charge >= 0.3 is 6.18 Å². The molecule has 1 atom stereocenters. The van der Waals surface area contributed by atoms with E-state index < -0.39 is 44.9 Å². The molecule has 0 aliphatic carbocycles. The quantitative estimate of drug-likeness (QED) is 0.837. The molecule has 0 saturated carbocycles. The smallest absolute Gasteiger partial charge is 0.350 e. The van der Waals surface area contributed by atoms with Crippen LogP contribution in [0.5, 0.6) is 0 Å². The van der Waals surface area contributed by atoms with Gasteiger partial charge in [0.15, 0.2) is 0 Å². The second kappa shape index (κ2) is 6.64. The van der Waals surface area contributed by atoms with E-state index in [2.05, 4.69) is 5.32 Å². The first-order chi connectivity index (χ1) is 9.88. The van der Waals surface area contributed by atoms with Gasteiger partial charge in [-0.05, 0) is 31.5 Å². The average Bonchev–Trinajstić information content (AvgIpc) is 2.33. The molecule has 1 amide bonds. The highest BCUT2D eigenvalue weighted by molar-refractivity contribution is 7.90. The van der Waals surface area contributed by atoms with E-state index in [1.165, 1.54) is 6.92 Å². The topological polar surface area (TPSA) is 63.2 Å². The van der Waals surface area contributed by atoms with E-state index in [0.29, 0.717) is 18.2 Å². The van der Waals surface area contributed by atoms with Crippen molar-refractivity contribution in [3.8, 4) is 0 Å². The molecule has 124 valence electrons. The minimum absolute atomic E-state index is 0.103. The monoisotopic (exact) mass is 341 g/mol. The summed E-state index contributed by atoms with van der Waals surface area (Å²) < 4.78 is 72.9. The molecule has 4 nitrogen and oxygen atoms in total.